The first-order valence-electron chi connectivity index (χ1n) is 12.6. The van der Waals surface area contributed by atoms with Crippen molar-refractivity contribution in [3.05, 3.63) is 24.0 Å². The first-order chi connectivity index (χ1) is 16.0. The summed E-state index contributed by atoms with van der Waals surface area (Å²) in [6, 6.07) is 5.68. The molecule has 0 radical (unpaired) electrons. The van der Waals surface area contributed by atoms with E-state index in [1.165, 1.54) is 38.9 Å². The smallest absolute Gasteiger partial charge is 0.167 e. The van der Waals surface area contributed by atoms with Crippen LogP contribution in [0.5, 0.6) is 5.75 Å². The molecule has 1 aliphatic carbocycles. The Labute approximate surface area is 197 Å². The minimum Gasteiger partial charge on any atom is -0.494 e. The number of halogens is 1. The third-order valence-electron chi connectivity index (χ3n) is 7.84. The van der Waals surface area contributed by atoms with Crippen molar-refractivity contribution in [3.8, 4) is 5.75 Å². The van der Waals surface area contributed by atoms with Crippen molar-refractivity contribution in [2.24, 2.45) is 17.2 Å². The first-order valence-corrected chi connectivity index (χ1v) is 12.6. The number of nitrogens with two attached hydrogens (primary N) is 3. The first kappa shape index (κ1) is 24.6. The second-order valence-corrected chi connectivity index (χ2v) is 9.69. The van der Waals surface area contributed by atoms with Crippen molar-refractivity contribution >= 4 is 5.69 Å². The van der Waals surface area contributed by atoms with Crippen LogP contribution >= 0.6 is 0 Å². The molecule has 0 bridgehead atoms. The molecule has 2 heterocycles. The van der Waals surface area contributed by atoms with Crippen LogP contribution in [0, 0.1) is 5.82 Å². The van der Waals surface area contributed by atoms with Gasteiger partial charge in [0.1, 0.15) is 18.9 Å². The zero-order valence-electron chi connectivity index (χ0n) is 20.1. The lowest BCUT2D eigenvalue weighted by atomic mass is 10.00. The van der Waals surface area contributed by atoms with Crippen molar-refractivity contribution in [1.82, 2.24) is 15.1 Å². The van der Waals surface area contributed by atoms with Gasteiger partial charge in [0, 0.05) is 29.9 Å². The van der Waals surface area contributed by atoms with Crippen LogP contribution in [0.3, 0.4) is 0 Å². The maximum atomic E-state index is 14.7. The van der Waals surface area contributed by atoms with Gasteiger partial charge >= 0.3 is 0 Å². The van der Waals surface area contributed by atoms with Gasteiger partial charge in [-0.2, -0.15) is 0 Å². The molecule has 2 saturated heterocycles. The highest BCUT2D eigenvalue weighted by molar-refractivity contribution is 5.51. The molecular weight excluding hydrogens is 421 g/mol. The standard InChI is InChI=1S/C24H42FN7O/c1-3-20(19-11-8-14-29-19)32-23(27)30(16-9-6-4-5-7-10-16)22(26)31(24(32)28)17-12-13-21(33-2)18(25)15-17/h12-13,15-16,19-20,22-24,29H,3-11,14,26-28H2,1-2H3. The molecule has 9 heteroatoms. The van der Waals surface area contributed by atoms with Crippen molar-refractivity contribution in [2.75, 3.05) is 18.6 Å². The minimum atomic E-state index is -0.572. The molecule has 0 aromatic heterocycles. The molecule has 2 aliphatic heterocycles. The number of hydrogen-bond acceptors (Lipinski definition) is 8. The molecule has 4 rings (SSSR count). The SMILES string of the molecule is CCC(C1CCCN1)N1C(N)N(c2ccc(OC)c(F)c2)C(N)N(C2CCCCCC2)C1N. The number of ether oxygens (including phenoxy) is 1. The quantitative estimate of drug-likeness (QED) is 0.476. The van der Waals surface area contributed by atoms with Crippen LogP contribution < -0.4 is 32.2 Å². The summed E-state index contributed by atoms with van der Waals surface area (Å²) in [6.45, 7) is 3.20. The van der Waals surface area contributed by atoms with Crippen LogP contribution in [-0.2, 0) is 0 Å². The highest BCUT2D eigenvalue weighted by atomic mass is 19.1. The molecule has 7 N–H and O–H groups in total. The number of anilines is 1. The molecule has 5 unspecified atom stereocenters. The summed E-state index contributed by atoms with van der Waals surface area (Å²) in [6.07, 6.45) is 8.61. The average Bonchev–Trinajstić information content (AvgIpc) is 3.20. The zero-order chi connectivity index (χ0) is 23.5. The largest absolute Gasteiger partial charge is 0.494 e. The van der Waals surface area contributed by atoms with Gasteiger partial charge in [-0.25, -0.2) is 14.2 Å². The molecule has 8 nitrogen and oxygen atoms in total. The molecule has 3 fully saturated rings. The van der Waals surface area contributed by atoms with Crippen molar-refractivity contribution < 1.29 is 9.13 Å². The third-order valence-corrected chi connectivity index (χ3v) is 7.84. The van der Waals surface area contributed by atoms with E-state index in [0.29, 0.717) is 11.7 Å². The Morgan fingerprint density at radius 2 is 1.76 bits per heavy atom. The topological polar surface area (TPSA) is 109 Å². The zero-order valence-corrected chi connectivity index (χ0v) is 20.1. The maximum Gasteiger partial charge on any atom is 0.167 e. The van der Waals surface area contributed by atoms with E-state index < -0.39 is 24.7 Å². The van der Waals surface area contributed by atoms with Gasteiger partial charge in [0.2, 0.25) is 0 Å². The fourth-order valence-electron chi connectivity index (χ4n) is 6.16. The second kappa shape index (κ2) is 10.8. The number of nitrogens with one attached hydrogen (secondary N) is 1. The van der Waals surface area contributed by atoms with Gasteiger partial charge in [0.05, 0.1) is 7.11 Å². The number of nitrogens with zero attached hydrogens (tertiary/aromatic N) is 3. The number of rotatable bonds is 6. The predicted molar refractivity (Wildman–Crippen MR) is 130 cm³/mol. The normalized spacial score (nSPS) is 31.5. The Balaban J connectivity index is 1.73. The molecule has 5 atom stereocenters. The summed E-state index contributed by atoms with van der Waals surface area (Å²) in [5.74, 6) is -0.227. The summed E-state index contributed by atoms with van der Waals surface area (Å²) in [5, 5.41) is 3.64. The maximum absolute atomic E-state index is 14.7. The molecule has 1 saturated carbocycles. The van der Waals surface area contributed by atoms with Crippen LogP contribution in [0.4, 0.5) is 10.1 Å². The van der Waals surface area contributed by atoms with Gasteiger partial charge in [-0.05, 0) is 50.8 Å². The average molecular weight is 464 g/mol. The van der Waals surface area contributed by atoms with E-state index in [2.05, 4.69) is 22.0 Å². The number of hydrogen-bond donors (Lipinski definition) is 4. The van der Waals surface area contributed by atoms with E-state index in [1.807, 2.05) is 11.0 Å². The second-order valence-electron chi connectivity index (χ2n) is 9.69. The molecule has 0 spiro atoms. The van der Waals surface area contributed by atoms with Crippen molar-refractivity contribution in [2.45, 2.75) is 102 Å². The predicted octanol–water partition coefficient (Wildman–Crippen LogP) is 2.24. The van der Waals surface area contributed by atoms with Gasteiger partial charge in [0.25, 0.3) is 0 Å². The van der Waals surface area contributed by atoms with Gasteiger partial charge in [-0.3, -0.25) is 11.5 Å². The Hall–Kier alpha value is -1.49. The van der Waals surface area contributed by atoms with Gasteiger partial charge < -0.3 is 20.7 Å². The van der Waals surface area contributed by atoms with Gasteiger partial charge in [-0.1, -0.05) is 32.6 Å². The lowest BCUT2D eigenvalue weighted by Crippen LogP contribution is -2.81. The fraction of sp³-hybridized carbons (Fsp3) is 0.750. The Morgan fingerprint density at radius 3 is 2.33 bits per heavy atom. The van der Waals surface area contributed by atoms with E-state index in [4.69, 9.17) is 21.9 Å². The van der Waals surface area contributed by atoms with Gasteiger partial charge in [-0.15, -0.1) is 0 Å². The Morgan fingerprint density at radius 1 is 1.03 bits per heavy atom. The van der Waals surface area contributed by atoms with Crippen LogP contribution in [-0.4, -0.2) is 60.4 Å². The molecule has 1 aromatic rings. The highest BCUT2D eigenvalue weighted by Crippen LogP contribution is 2.35. The van der Waals surface area contributed by atoms with Crippen LogP contribution in [0.1, 0.15) is 64.7 Å². The highest BCUT2D eigenvalue weighted by Gasteiger charge is 2.48. The monoisotopic (exact) mass is 463 g/mol. The van der Waals surface area contributed by atoms with E-state index in [1.54, 1.807) is 6.07 Å². The fourth-order valence-corrected chi connectivity index (χ4v) is 6.16. The molecular formula is C24H42FN7O. The lowest BCUT2D eigenvalue weighted by molar-refractivity contribution is -0.110. The molecule has 1 aromatic carbocycles. The Bertz CT molecular complexity index is 769. The van der Waals surface area contributed by atoms with Crippen molar-refractivity contribution in [3.63, 3.8) is 0 Å². The lowest BCUT2D eigenvalue weighted by Gasteiger charge is -2.59. The Kier molecular flexibility index (Phi) is 8.09. The van der Waals surface area contributed by atoms with E-state index in [9.17, 15) is 4.39 Å². The minimum absolute atomic E-state index is 0.156. The van der Waals surface area contributed by atoms with Crippen molar-refractivity contribution in [1.29, 1.82) is 0 Å². The van der Waals surface area contributed by atoms with Crippen LogP contribution in [0.25, 0.3) is 0 Å². The molecule has 0 amide bonds. The van der Waals surface area contributed by atoms with Crippen LogP contribution in [0.15, 0.2) is 18.2 Å². The van der Waals surface area contributed by atoms with Crippen LogP contribution in [0.2, 0.25) is 0 Å². The summed E-state index contributed by atoms with van der Waals surface area (Å²) < 4.78 is 19.8. The third kappa shape index (κ3) is 4.85. The summed E-state index contributed by atoms with van der Waals surface area (Å²) in [5.41, 5.74) is 21.4. The summed E-state index contributed by atoms with van der Waals surface area (Å²) in [7, 11) is 1.46. The summed E-state index contributed by atoms with van der Waals surface area (Å²) >= 11 is 0. The molecule has 33 heavy (non-hydrogen) atoms. The number of methoxy groups -OCH3 is 1. The van der Waals surface area contributed by atoms with E-state index in [0.717, 1.165) is 38.6 Å². The summed E-state index contributed by atoms with van der Waals surface area (Å²) in [4.78, 5) is 6.36. The van der Waals surface area contributed by atoms with Gasteiger partial charge in [0.15, 0.2) is 11.6 Å². The van der Waals surface area contributed by atoms with E-state index in [-0.39, 0.29) is 17.8 Å². The number of benzene rings is 1. The van der Waals surface area contributed by atoms with E-state index >= 15 is 0 Å². The molecule has 186 valence electrons. The molecule has 3 aliphatic rings.